The molecular weight excluding hydrogens is 260 g/mol. The van der Waals surface area contributed by atoms with E-state index in [4.69, 9.17) is 0 Å². The zero-order valence-electron chi connectivity index (χ0n) is 10.1. The van der Waals surface area contributed by atoms with Crippen LogP contribution in [0.2, 0.25) is 0 Å². The molecule has 0 aromatic carbocycles. The fraction of sp³-hybridized carbons (Fsp3) is 0.0769. The van der Waals surface area contributed by atoms with E-state index in [1.165, 1.54) is 11.8 Å². The number of carbonyl (C=O) groups excluding carboxylic acids is 1. The Hall–Kier alpha value is -2.21. The summed E-state index contributed by atoms with van der Waals surface area (Å²) in [4.78, 5) is 24.1. The van der Waals surface area contributed by atoms with E-state index in [1.807, 2.05) is 37.4 Å². The van der Waals surface area contributed by atoms with Crippen molar-refractivity contribution in [2.45, 2.75) is 17.1 Å². The van der Waals surface area contributed by atoms with Crippen LogP contribution in [0.5, 0.6) is 0 Å². The highest BCUT2D eigenvalue weighted by Gasteiger charge is 2.13. The summed E-state index contributed by atoms with van der Waals surface area (Å²) in [5.41, 5.74) is 2.14. The number of pyridine rings is 1. The number of hydrogen-bond acceptors (Lipinski definition) is 5. The first-order chi connectivity index (χ1) is 9.28. The van der Waals surface area contributed by atoms with Gasteiger partial charge in [0.05, 0.1) is 0 Å². The van der Waals surface area contributed by atoms with Crippen LogP contribution in [-0.4, -0.2) is 25.6 Å². The van der Waals surface area contributed by atoms with Gasteiger partial charge in [0, 0.05) is 18.1 Å². The Bertz CT molecular complexity index is 753. The fourth-order valence-electron chi connectivity index (χ4n) is 1.74. The van der Waals surface area contributed by atoms with Gasteiger partial charge in [-0.25, -0.2) is 15.0 Å². The van der Waals surface area contributed by atoms with Crippen LogP contribution in [0.4, 0.5) is 0 Å². The second-order valence-electron chi connectivity index (χ2n) is 3.93. The molecule has 3 aromatic rings. The standard InChI is InChI=1S/C13H10N4OS/c1-9-5-6-14-13(15-9)19-12-10(8-18)17-7-3-2-4-11(17)16-12/h2-8H,1H3. The van der Waals surface area contributed by atoms with Gasteiger partial charge >= 0.3 is 0 Å². The number of fused-ring (bicyclic) bond motifs is 1. The molecular formula is C13H10N4OS. The van der Waals surface area contributed by atoms with E-state index in [2.05, 4.69) is 15.0 Å². The van der Waals surface area contributed by atoms with Gasteiger partial charge in [-0.15, -0.1) is 0 Å². The maximum absolute atomic E-state index is 11.2. The number of aldehydes is 1. The summed E-state index contributed by atoms with van der Waals surface area (Å²) in [6.07, 6.45) is 4.31. The average molecular weight is 270 g/mol. The van der Waals surface area contributed by atoms with E-state index in [9.17, 15) is 4.79 Å². The highest BCUT2D eigenvalue weighted by molar-refractivity contribution is 7.99. The van der Waals surface area contributed by atoms with Crippen molar-refractivity contribution < 1.29 is 4.79 Å². The van der Waals surface area contributed by atoms with Crippen LogP contribution < -0.4 is 0 Å². The van der Waals surface area contributed by atoms with Crippen molar-refractivity contribution >= 4 is 23.7 Å². The van der Waals surface area contributed by atoms with E-state index < -0.39 is 0 Å². The highest BCUT2D eigenvalue weighted by atomic mass is 32.2. The third kappa shape index (κ3) is 2.22. The number of aryl methyl sites for hydroxylation is 1. The number of aromatic nitrogens is 4. The summed E-state index contributed by atoms with van der Waals surface area (Å²) >= 11 is 1.29. The molecule has 0 radical (unpaired) electrons. The van der Waals surface area contributed by atoms with Gasteiger partial charge in [-0.1, -0.05) is 6.07 Å². The van der Waals surface area contributed by atoms with E-state index in [1.54, 1.807) is 10.6 Å². The van der Waals surface area contributed by atoms with Gasteiger partial charge in [-0.05, 0) is 36.9 Å². The molecule has 6 heteroatoms. The summed E-state index contributed by atoms with van der Waals surface area (Å²) in [5.74, 6) is 0. The van der Waals surface area contributed by atoms with Crippen LogP contribution in [-0.2, 0) is 0 Å². The normalized spacial score (nSPS) is 10.8. The van der Waals surface area contributed by atoms with Gasteiger partial charge in [0.25, 0.3) is 0 Å². The van der Waals surface area contributed by atoms with Crippen molar-refractivity contribution in [3.8, 4) is 0 Å². The second kappa shape index (κ2) is 4.81. The SMILES string of the molecule is Cc1ccnc(Sc2nc3ccccn3c2C=O)n1. The molecule has 94 valence electrons. The lowest BCUT2D eigenvalue weighted by molar-refractivity contribution is 0.111. The number of nitrogens with zero attached hydrogens (tertiary/aromatic N) is 4. The zero-order valence-corrected chi connectivity index (χ0v) is 11.0. The first kappa shape index (κ1) is 11.9. The Morgan fingerprint density at radius 2 is 2.16 bits per heavy atom. The molecule has 0 aliphatic heterocycles. The molecule has 0 amide bonds. The second-order valence-corrected chi connectivity index (χ2v) is 4.89. The molecule has 3 aromatic heterocycles. The molecule has 3 heterocycles. The van der Waals surface area contributed by atoms with Crippen molar-refractivity contribution in [3.05, 3.63) is 48.0 Å². The van der Waals surface area contributed by atoms with E-state index in [0.717, 1.165) is 17.6 Å². The van der Waals surface area contributed by atoms with Gasteiger partial charge in [0.15, 0.2) is 11.4 Å². The molecule has 0 aliphatic rings. The van der Waals surface area contributed by atoms with Crippen LogP contribution in [0.1, 0.15) is 16.2 Å². The summed E-state index contributed by atoms with van der Waals surface area (Å²) < 4.78 is 1.76. The number of carbonyl (C=O) groups is 1. The molecule has 19 heavy (non-hydrogen) atoms. The predicted molar refractivity (Wildman–Crippen MR) is 71.5 cm³/mol. The number of hydrogen-bond donors (Lipinski definition) is 0. The van der Waals surface area contributed by atoms with Gasteiger partial charge < -0.3 is 0 Å². The van der Waals surface area contributed by atoms with Crippen LogP contribution in [0.25, 0.3) is 5.65 Å². The van der Waals surface area contributed by atoms with Crippen molar-refractivity contribution in [1.82, 2.24) is 19.4 Å². The van der Waals surface area contributed by atoms with E-state index in [-0.39, 0.29) is 0 Å². The van der Waals surface area contributed by atoms with Crippen LogP contribution >= 0.6 is 11.8 Å². The molecule has 0 aliphatic carbocycles. The topological polar surface area (TPSA) is 60.2 Å². The Morgan fingerprint density at radius 1 is 1.26 bits per heavy atom. The van der Waals surface area contributed by atoms with Crippen LogP contribution in [0.3, 0.4) is 0 Å². The zero-order chi connectivity index (χ0) is 13.2. The molecule has 0 N–H and O–H groups in total. The molecule has 3 rings (SSSR count). The van der Waals surface area contributed by atoms with Crippen LogP contribution in [0, 0.1) is 6.92 Å². The van der Waals surface area contributed by atoms with Crippen molar-refractivity contribution in [2.24, 2.45) is 0 Å². The minimum absolute atomic E-state index is 0.519. The van der Waals surface area contributed by atoms with Gasteiger partial charge in [-0.3, -0.25) is 9.20 Å². The lowest BCUT2D eigenvalue weighted by Crippen LogP contribution is -1.92. The molecule has 0 fully saturated rings. The van der Waals surface area contributed by atoms with E-state index >= 15 is 0 Å². The molecule has 0 bridgehead atoms. The van der Waals surface area contributed by atoms with Crippen molar-refractivity contribution in [2.75, 3.05) is 0 Å². The summed E-state index contributed by atoms with van der Waals surface area (Å²) in [5, 5.41) is 1.21. The van der Waals surface area contributed by atoms with Gasteiger partial charge in [-0.2, -0.15) is 0 Å². The summed E-state index contributed by atoms with van der Waals surface area (Å²) in [6, 6.07) is 7.43. The molecule has 0 unspecified atom stereocenters. The van der Waals surface area contributed by atoms with E-state index in [0.29, 0.717) is 15.9 Å². The van der Waals surface area contributed by atoms with Crippen LogP contribution in [0.15, 0.2) is 46.8 Å². The minimum atomic E-state index is 0.519. The molecule has 5 nitrogen and oxygen atoms in total. The predicted octanol–water partition coefficient (Wildman–Crippen LogP) is 2.40. The van der Waals surface area contributed by atoms with Gasteiger partial charge in [0.1, 0.15) is 16.4 Å². The fourth-order valence-corrected chi connectivity index (χ4v) is 2.60. The maximum atomic E-state index is 11.2. The Kier molecular flexibility index (Phi) is 3.00. The average Bonchev–Trinajstić information content (AvgIpc) is 2.75. The lowest BCUT2D eigenvalue weighted by Gasteiger charge is -1.98. The quantitative estimate of drug-likeness (QED) is 0.540. The molecule has 0 saturated carbocycles. The first-order valence-electron chi connectivity index (χ1n) is 5.67. The lowest BCUT2D eigenvalue weighted by atomic mass is 10.4. The number of imidazole rings is 1. The third-order valence-electron chi connectivity index (χ3n) is 2.61. The Morgan fingerprint density at radius 3 is 2.95 bits per heavy atom. The molecule has 0 atom stereocenters. The molecule has 0 saturated heterocycles. The van der Waals surface area contributed by atoms with Gasteiger partial charge in [0.2, 0.25) is 0 Å². The first-order valence-corrected chi connectivity index (χ1v) is 6.49. The Labute approximate surface area is 113 Å². The highest BCUT2D eigenvalue weighted by Crippen LogP contribution is 2.27. The largest absolute Gasteiger partial charge is 0.296 e. The minimum Gasteiger partial charge on any atom is -0.296 e. The van der Waals surface area contributed by atoms with Crippen molar-refractivity contribution in [3.63, 3.8) is 0 Å². The van der Waals surface area contributed by atoms with Crippen molar-refractivity contribution in [1.29, 1.82) is 0 Å². The summed E-state index contributed by atoms with van der Waals surface area (Å²) in [6.45, 7) is 1.90. The monoisotopic (exact) mass is 270 g/mol. The smallest absolute Gasteiger partial charge is 0.194 e. The summed E-state index contributed by atoms with van der Waals surface area (Å²) in [7, 11) is 0. The Balaban J connectivity index is 2.07. The number of rotatable bonds is 3. The maximum Gasteiger partial charge on any atom is 0.194 e. The third-order valence-corrected chi connectivity index (χ3v) is 3.48. The molecule has 0 spiro atoms.